The van der Waals surface area contributed by atoms with Crippen molar-refractivity contribution in [1.29, 1.82) is 0 Å². The van der Waals surface area contributed by atoms with Gasteiger partial charge in [0.25, 0.3) is 0 Å². The van der Waals surface area contributed by atoms with Crippen LogP contribution in [0.3, 0.4) is 0 Å². The molecule has 1 fully saturated rings. The largest absolute Gasteiger partial charge is 0.378 e. The molecule has 114 valence electrons. The Morgan fingerprint density at radius 3 is 2.81 bits per heavy atom. The molecule has 1 aromatic rings. The van der Waals surface area contributed by atoms with Crippen LogP contribution in [0.2, 0.25) is 0 Å². The van der Waals surface area contributed by atoms with Crippen LogP contribution in [-0.4, -0.2) is 43.9 Å². The number of hydrogen-bond acceptors (Lipinski definition) is 4. The van der Waals surface area contributed by atoms with Crippen LogP contribution in [0.1, 0.15) is 19.4 Å². The molecule has 0 atom stereocenters. The van der Waals surface area contributed by atoms with Gasteiger partial charge in [0, 0.05) is 12.2 Å². The molecule has 0 spiro atoms. The predicted octanol–water partition coefficient (Wildman–Crippen LogP) is 0.981. The van der Waals surface area contributed by atoms with Gasteiger partial charge in [-0.05, 0) is 37.6 Å². The van der Waals surface area contributed by atoms with Crippen molar-refractivity contribution in [3.8, 4) is 0 Å². The van der Waals surface area contributed by atoms with Gasteiger partial charge in [0.05, 0.1) is 30.1 Å². The number of carbonyl (C=O) groups is 1. The first-order chi connectivity index (χ1) is 9.80. The van der Waals surface area contributed by atoms with Crippen LogP contribution in [-0.2, 0) is 26.0 Å². The third-order valence-corrected chi connectivity index (χ3v) is 5.97. The minimum atomic E-state index is -3.59. The van der Waals surface area contributed by atoms with Crippen molar-refractivity contribution in [2.75, 3.05) is 25.1 Å². The molecule has 2 aliphatic heterocycles. The van der Waals surface area contributed by atoms with Crippen molar-refractivity contribution < 1.29 is 17.9 Å². The number of fused-ring (bicyclic) bond motifs is 1. The molecule has 2 heterocycles. The Kier molecular flexibility index (Phi) is 3.31. The van der Waals surface area contributed by atoms with Gasteiger partial charge in [-0.15, -0.1) is 0 Å². The molecule has 2 aliphatic rings. The SMILES string of the molecule is CC1(C)COCCN1S(=O)(=O)c1ccc2c(c1)CC(=O)N2. The van der Waals surface area contributed by atoms with E-state index in [-0.39, 0.29) is 17.2 Å². The zero-order valence-electron chi connectivity index (χ0n) is 12.0. The van der Waals surface area contributed by atoms with Gasteiger partial charge in [-0.2, -0.15) is 4.31 Å². The Balaban J connectivity index is 1.99. The van der Waals surface area contributed by atoms with Crippen LogP contribution in [0.15, 0.2) is 23.1 Å². The number of carbonyl (C=O) groups excluding carboxylic acids is 1. The summed E-state index contributed by atoms with van der Waals surface area (Å²) in [7, 11) is -3.59. The third kappa shape index (κ3) is 2.45. The Labute approximate surface area is 124 Å². The number of sulfonamides is 1. The number of hydrogen-bond donors (Lipinski definition) is 1. The second-order valence-electron chi connectivity index (χ2n) is 5.99. The highest BCUT2D eigenvalue weighted by Gasteiger charge is 2.40. The molecular weight excluding hydrogens is 292 g/mol. The number of ether oxygens (including phenoxy) is 1. The average molecular weight is 310 g/mol. The van der Waals surface area contributed by atoms with Gasteiger partial charge in [-0.1, -0.05) is 0 Å². The summed E-state index contributed by atoms with van der Waals surface area (Å²) in [5.74, 6) is -0.105. The second-order valence-corrected chi connectivity index (χ2v) is 7.85. The maximum atomic E-state index is 12.8. The molecule has 0 aliphatic carbocycles. The summed E-state index contributed by atoms with van der Waals surface area (Å²) in [4.78, 5) is 11.6. The summed E-state index contributed by atoms with van der Waals surface area (Å²) < 4.78 is 32.6. The Hall–Kier alpha value is -1.44. The molecule has 0 radical (unpaired) electrons. The van der Waals surface area contributed by atoms with E-state index in [9.17, 15) is 13.2 Å². The summed E-state index contributed by atoms with van der Waals surface area (Å²) in [6.45, 7) is 4.80. The molecular formula is C14H18N2O4S. The molecule has 0 bridgehead atoms. The van der Waals surface area contributed by atoms with Crippen LogP contribution in [0.5, 0.6) is 0 Å². The number of morpholine rings is 1. The highest BCUT2D eigenvalue weighted by atomic mass is 32.2. The molecule has 21 heavy (non-hydrogen) atoms. The quantitative estimate of drug-likeness (QED) is 0.883. The maximum absolute atomic E-state index is 12.8. The third-order valence-electron chi connectivity index (χ3n) is 3.86. The van der Waals surface area contributed by atoms with Crippen molar-refractivity contribution in [1.82, 2.24) is 4.31 Å². The van der Waals surface area contributed by atoms with Gasteiger partial charge in [0.1, 0.15) is 0 Å². The van der Waals surface area contributed by atoms with E-state index in [1.807, 2.05) is 13.8 Å². The van der Waals surface area contributed by atoms with Crippen LogP contribution in [0, 0.1) is 0 Å². The van der Waals surface area contributed by atoms with Crippen molar-refractivity contribution in [3.63, 3.8) is 0 Å². The lowest BCUT2D eigenvalue weighted by Gasteiger charge is -2.40. The van der Waals surface area contributed by atoms with Crippen LogP contribution in [0.25, 0.3) is 0 Å². The number of anilines is 1. The number of nitrogens with zero attached hydrogens (tertiary/aromatic N) is 1. The number of rotatable bonds is 2. The Morgan fingerprint density at radius 1 is 1.33 bits per heavy atom. The second kappa shape index (κ2) is 4.79. The molecule has 7 heteroatoms. The van der Waals surface area contributed by atoms with Gasteiger partial charge in [-0.25, -0.2) is 8.42 Å². The van der Waals surface area contributed by atoms with Crippen LogP contribution < -0.4 is 5.32 Å². The fourth-order valence-corrected chi connectivity index (χ4v) is 4.59. The van der Waals surface area contributed by atoms with E-state index in [1.165, 1.54) is 4.31 Å². The number of nitrogens with one attached hydrogen (secondary N) is 1. The van der Waals surface area contributed by atoms with Crippen LogP contribution in [0.4, 0.5) is 5.69 Å². The monoisotopic (exact) mass is 310 g/mol. The smallest absolute Gasteiger partial charge is 0.243 e. The van der Waals surface area contributed by atoms with Crippen molar-refractivity contribution >= 4 is 21.6 Å². The average Bonchev–Trinajstić information content (AvgIpc) is 2.76. The van der Waals surface area contributed by atoms with Crippen molar-refractivity contribution in [2.24, 2.45) is 0 Å². The number of benzene rings is 1. The lowest BCUT2D eigenvalue weighted by atomic mass is 10.1. The zero-order chi connectivity index (χ0) is 15.3. The normalized spacial score (nSPS) is 21.9. The minimum absolute atomic E-state index is 0.105. The first-order valence-corrected chi connectivity index (χ1v) is 8.28. The van der Waals surface area contributed by atoms with E-state index >= 15 is 0 Å². The molecule has 1 aromatic carbocycles. The Bertz CT molecular complexity index is 697. The highest BCUT2D eigenvalue weighted by Crippen LogP contribution is 2.31. The lowest BCUT2D eigenvalue weighted by molar-refractivity contribution is -0.115. The molecule has 0 unspecified atom stereocenters. The van der Waals surface area contributed by atoms with Gasteiger partial charge in [0.15, 0.2) is 0 Å². The summed E-state index contributed by atoms with van der Waals surface area (Å²) in [5, 5.41) is 2.70. The summed E-state index contributed by atoms with van der Waals surface area (Å²) >= 11 is 0. The van der Waals surface area contributed by atoms with Crippen molar-refractivity contribution in [2.45, 2.75) is 30.7 Å². The van der Waals surface area contributed by atoms with E-state index < -0.39 is 15.6 Å². The molecule has 3 rings (SSSR count). The fraction of sp³-hybridized carbons (Fsp3) is 0.500. The predicted molar refractivity (Wildman–Crippen MR) is 77.6 cm³/mol. The Morgan fingerprint density at radius 2 is 2.10 bits per heavy atom. The fourth-order valence-electron chi connectivity index (χ4n) is 2.78. The first kappa shape index (κ1) is 14.5. The minimum Gasteiger partial charge on any atom is -0.378 e. The molecule has 6 nitrogen and oxygen atoms in total. The van der Waals surface area contributed by atoms with Gasteiger partial charge >= 0.3 is 0 Å². The van der Waals surface area contributed by atoms with Gasteiger partial charge in [0.2, 0.25) is 15.9 Å². The lowest BCUT2D eigenvalue weighted by Crippen LogP contribution is -2.55. The van der Waals surface area contributed by atoms with Crippen LogP contribution >= 0.6 is 0 Å². The van der Waals surface area contributed by atoms with Gasteiger partial charge in [-0.3, -0.25) is 4.79 Å². The standard InChI is InChI=1S/C14H18N2O4S/c1-14(2)9-20-6-5-16(14)21(18,19)11-3-4-12-10(7-11)8-13(17)15-12/h3-4,7H,5-6,8-9H2,1-2H3,(H,15,17). The first-order valence-electron chi connectivity index (χ1n) is 6.84. The summed E-state index contributed by atoms with van der Waals surface area (Å²) in [6, 6.07) is 4.79. The highest BCUT2D eigenvalue weighted by molar-refractivity contribution is 7.89. The topological polar surface area (TPSA) is 75.7 Å². The zero-order valence-corrected chi connectivity index (χ0v) is 12.9. The molecule has 1 saturated heterocycles. The molecule has 0 saturated carbocycles. The van der Waals surface area contributed by atoms with E-state index in [2.05, 4.69) is 5.32 Å². The molecule has 1 amide bonds. The molecule has 1 N–H and O–H groups in total. The summed E-state index contributed by atoms with van der Waals surface area (Å²) in [5.41, 5.74) is 0.844. The van der Waals surface area contributed by atoms with E-state index in [1.54, 1.807) is 18.2 Å². The van der Waals surface area contributed by atoms with Gasteiger partial charge < -0.3 is 10.1 Å². The van der Waals surface area contributed by atoms with E-state index in [0.29, 0.717) is 25.4 Å². The summed E-state index contributed by atoms with van der Waals surface area (Å²) in [6.07, 6.45) is 0.227. The maximum Gasteiger partial charge on any atom is 0.243 e. The van der Waals surface area contributed by atoms with E-state index in [4.69, 9.17) is 4.74 Å². The molecule has 0 aromatic heterocycles. The number of amides is 1. The van der Waals surface area contributed by atoms with Crippen molar-refractivity contribution in [3.05, 3.63) is 23.8 Å². The van der Waals surface area contributed by atoms with E-state index in [0.717, 1.165) is 5.56 Å².